The second-order valence-corrected chi connectivity index (χ2v) is 5.71. The molecule has 6 heteroatoms. The number of amides is 1. The molecule has 2 aromatic carbocycles. The molecule has 0 saturated heterocycles. The maximum atomic E-state index is 12.2. The summed E-state index contributed by atoms with van der Waals surface area (Å²) in [4.78, 5) is 12.2. The van der Waals surface area contributed by atoms with Crippen molar-refractivity contribution in [1.82, 2.24) is 0 Å². The Kier molecular flexibility index (Phi) is 3.45. The number of anilines is 1. The average Bonchev–Trinajstić information content (AvgIpc) is 3.05. The molecule has 0 aromatic heterocycles. The molecular weight excluding hydrogens is 310 g/mol. The van der Waals surface area contributed by atoms with E-state index >= 15 is 0 Å². The first-order valence-electron chi connectivity index (χ1n) is 7.65. The van der Waals surface area contributed by atoms with Gasteiger partial charge in [0.1, 0.15) is 11.5 Å². The summed E-state index contributed by atoms with van der Waals surface area (Å²) in [7, 11) is 3.24. The lowest BCUT2D eigenvalue weighted by molar-refractivity contribution is -0.116. The summed E-state index contributed by atoms with van der Waals surface area (Å²) in [5, 5.41) is 2.91. The lowest BCUT2D eigenvalue weighted by Gasteiger charge is -2.27. The maximum absolute atomic E-state index is 12.2. The third-order valence-electron chi connectivity index (χ3n) is 4.40. The van der Waals surface area contributed by atoms with Crippen molar-refractivity contribution < 1.29 is 23.7 Å². The molecule has 2 aromatic rings. The van der Waals surface area contributed by atoms with Crippen LogP contribution in [0.3, 0.4) is 0 Å². The SMILES string of the molecule is COc1ccc(OC)c([C@@H]2CC(=O)Nc3cc4c(cc32)OCO4)c1. The fourth-order valence-corrected chi connectivity index (χ4v) is 3.24. The van der Waals surface area contributed by atoms with Crippen LogP contribution in [-0.4, -0.2) is 26.9 Å². The molecule has 0 spiro atoms. The first-order chi connectivity index (χ1) is 11.7. The summed E-state index contributed by atoms with van der Waals surface area (Å²) in [6.45, 7) is 0.194. The highest BCUT2D eigenvalue weighted by molar-refractivity contribution is 5.96. The Hall–Kier alpha value is -2.89. The van der Waals surface area contributed by atoms with Gasteiger partial charge in [-0.05, 0) is 29.8 Å². The van der Waals surface area contributed by atoms with Crippen LogP contribution in [-0.2, 0) is 4.79 Å². The predicted octanol–water partition coefficient (Wildman–Crippen LogP) is 2.91. The molecule has 1 N–H and O–H groups in total. The largest absolute Gasteiger partial charge is 0.497 e. The Balaban J connectivity index is 1.87. The molecule has 2 aliphatic heterocycles. The Morgan fingerprint density at radius 2 is 1.83 bits per heavy atom. The smallest absolute Gasteiger partial charge is 0.231 e. The Morgan fingerprint density at radius 3 is 2.58 bits per heavy atom. The second kappa shape index (κ2) is 5.63. The lowest BCUT2D eigenvalue weighted by atomic mass is 9.84. The van der Waals surface area contributed by atoms with Crippen molar-refractivity contribution in [2.75, 3.05) is 26.3 Å². The fourth-order valence-electron chi connectivity index (χ4n) is 3.24. The number of carbonyl (C=O) groups excluding carboxylic acids is 1. The number of hydrogen-bond acceptors (Lipinski definition) is 5. The van der Waals surface area contributed by atoms with E-state index in [0.29, 0.717) is 17.9 Å². The van der Waals surface area contributed by atoms with Gasteiger partial charge in [0.25, 0.3) is 0 Å². The third-order valence-corrected chi connectivity index (χ3v) is 4.40. The first kappa shape index (κ1) is 14.7. The van der Waals surface area contributed by atoms with Crippen LogP contribution in [0, 0.1) is 0 Å². The van der Waals surface area contributed by atoms with Gasteiger partial charge in [-0.2, -0.15) is 0 Å². The van der Waals surface area contributed by atoms with Crippen LogP contribution in [0.25, 0.3) is 0 Å². The van der Waals surface area contributed by atoms with Crippen LogP contribution in [0.15, 0.2) is 30.3 Å². The molecule has 1 amide bonds. The zero-order valence-corrected chi connectivity index (χ0v) is 13.4. The second-order valence-electron chi connectivity index (χ2n) is 5.71. The first-order valence-corrected chi connectivity index (χ1v) is 7.65. The zero-order valence-electron chi connectivity index (χ0n) is 13.4. The Morgan fingerprint density at radius 1 is 1.04 bits per heavy atom. The minimum absolute atomic E-state index is 0.0451. The summed E-state index contributed by atoms with van der Waals surface area (Å²) < 4.78 is 21.7. The Bertz CT molecular complexity index is 817. The van der Waals surface area contributed by atoms with Crippen molar-refractivity contribution in [2.24, 2.45) is 0 Å². The van der Waals surface area contributed by atoms with Crippen molar-refractivity contribution in [3.63, 3.8) is 0 Å². The molecule has 24 heavy (non-hydrogen) atoms. The van der Waals surface area contributed by atoms with Gasteiger partial charge in [0.15, 0.2) is 11.5 Å². The molecule has 2 aliphatic rings. The van der Waals surface area contributed by atoms with E-state index < -0.39 is 0 Å². The quantitative estimate of drug-likeness (QED) is 0.939. The number of methoxy groups -OCH3 is 2. The number of benzene rings is 2. The molecule has 4 rings (SSSR count). The summed E-state index contributed by atoms with van der Waals surface area (Å²) in [6, 6.07) is 9.35. The highest BCUT2D eigenvalue weighted by Crippen LogP contribution is 2.46. The van der Waals surface area contributed by atoms with Crippen LogP contribution < -0.4 is 24.3 Å². The van der Waals surface area contributed by atoms with Crippen molar-refractivity contribution >= 4 is 11.6 Å². The summed E-state index contributed by atoms with van der Waals surface area (Å²) in [6.07, 6.45) is 0.330. The highest BCUT2D eigenvalue weighted by atomic mass is 16.7. The fraction of sp³-hybridized carbons (Fsp3) is 0.278. The van der Waals surface area contributed by atoms with Crippen molar-refractivity contribution in [2.45, 2.75) is 12.3 Å². The van der Waals surface area contributed by atoms with Gasteiger partial charge < -0.3 is 24.3 Å². The van der Waals surface area contributed by atoms with Crippen LogP contribution in [0.1, 0.15) is 23.5 Å². The van der Waals surface area contributed by atoms with E-state index in [1.165, 1.54) is 0 Å². The van der Waals surface area contributed by atoms with E-state index in [1.54, 1.807) is 14.2 Å². The molecular formula is C18H17NO5. The minimum atomic E-state index is -0.145. The predicted molar refractivity (Wildman–Crippen MR) is 87.2 cm³/mol. The van der Waals surface area contributed by atoms with Crippen LogP contribution in [0.4, 0.5) is 5.69 Å². The van der Waals surface area contributed by atoms with E-state index in [4.69, 9.17) is 18.9 Å². The van der Waals surface area contributed by atoms with E-state index in [9.17, 15) is 4.79 Å². The van der Waals surface area contributed by atoms with Gasteiger partial charge in [-0.15, -0.1) is 0 Å². The summed E-state index contributed by atoms with van der Waals surface area (Å²) >= 11 is 0. The molecule has 0 fully saturated rings. The normalized spacial score (nSPS) is 17.9. The molecule has 6 nitrogen and oxygen atoms in total. The van der Waals surface area contributed by atoms with Gasteiger partial charge in [-0.3, -0.25) is 4.79 Å². The van der Waals surface area contributed by atoms with E-state index in [-0.39, 0.29) is 18.6 Å². The number of fused-ring (bicyclic) bond motifs is 2. The van der Waals surface area contributed by atoms with Crippen molar-refractivity contribution in [3.8, 4) is 23.0 Å². The number of carbonyl (C=O) groups is 1. The van der Waals surface area contributed by atoms with Crippen LogP contribution >= 0.6 is 0 Å². The molecule has 2 heterocycles. The monoisotopic (exact) mass is 327 g/mol. The topological polar surface area (TPSA) is 66.0 Å². The minimum Gasteiger partial charge on any atom is -0.497 e. The lowest BCUT2D eigenvalue weighted by Crippen LogP contribution is -2.23. The molecule has 0 saturated carbocycles. The molecule has 0 bridgehead atoms. The Labute approximate surface area is 139 Å². The van der Waals surface area contributed by atoms with Gasteiger partial charge in [0.2, 0.25) is 12.7 Å². The van der Waals surface area contributed by atoms with Crippen molar-refractivity contribution in [3.05, 3.63) is 41.5 Å². The number of rotatable bonds is 3. The summed E-state index contributed by atoms with van der Waals surface area (Å²) in [5.41, 5.74) is 2.63. The van der Waals surface area contributed by atoms with Crippen molar-refractivity contribution in [1.29, 1.82) is 0 Å². The van der Waals surface area contributed by atoms with Crippen LogP contribution in [0.5, 0.6) is 23.0 Å². The van der Waals surface area contributed by atoms with Gasteiger partial charge >= 0.3 is 0 Å². The molecule has 1 atom stereocenters. The van der Waals surface area contributed by atoms with Gasteiger partial charge in [-0.1, -0.05) is 0 Å². The molecule has 0 aliphatic carbocycles. The van der Waals surface area contributed by atoms with Crippen LogP contribution in [0.2, 0.25) is 0 Å². The zero-order chi connectivity index (χ0) is 16.7. The van der Waals surface area contributed by atoms with E-state index in [2.05, 4.69) is 5.32 Å². The molecule has 124 valence electrons. The maximum Gasteiger partial charge on any atom is 0.231 e. The van der Waals surface area contributed by atoms with Gasteiger partial charge in [0.05, 0.1) is 14.2 Å². The van der Waals surface area contributed by atoms with E-state index in [0.717, 1.165) is 28.3 Å². The molecule has 0 radical (unpaired) electrons. The number of hydrogen-bond donors (Lipinski definition) is 1. The van der Waals surface area contributed by atoms with Gasteiger partial charge in [-0.25, -0.2) is 0 Å². The van der Waals surface area contributed by atoms with Gasteiger partial charge in [0, 0.05) is 29.7 Å². The number of ether oxygens (including phenoxy) is 4. The molecule has 0 unspecified atom stereocenters. The highest BCUT2D eigenvalue weighted by Gasteiger charge is 2.31. The van der Waals surface area contributed by atoms with E-state index in [1.807, 2.05) is 30.3 Å². The number of nitrogens with one attached hydrogen (secondary N) is 1. The standard InChI is InChI=1S/C18H17NO5/c1-21-10-3-4-15(22-2)13(5-10)11-7-18(20)19-14-8-17-16(6-12(11)14)23-9-24-17/h3-6,8,11H,7,9H2,1-2H3,(H,19,20)/t11-/m1/s1. The average molecular weight is 327 g/mol. The summed E-state index contributed by atoms with van der Waals surface area (Å²) in [5.74, 6) is 2.59. The third kappa shape index (κ3) is 2.31.